The molecule has 9 nitrogen and oxygen atoms in total. The van der Waals surface area contributed by atoms with Crippen LogP contribution in [0.2, 0.25) is 0 Å². The molecule has 3 aromatic heterocycles. The average molecular weight is 494 g/mol. The Labute approximate surface area is 202 Å². The molecule has 35 heavy (non-hydrogen) atoms. The molecule has 11 heteroatoms. The smallest absolute Gasteiger partial charge is 0.168 e. The summed E-state index contributed by atoms with van der Waals surface area (Å²) in [4.78, 5) is 13.4. The molecule has 0 bridgehead atoms. The van der Waals surface area contributed by atoms with Crippen LogP contribution in [0.4, 0.5) is 16.0 Å². The van der Waals surface area contributed by atoms with E-state index in [9.17, 15) is 12.8 Å². The van der Waals surface area contributed by atoms with Crippen molar-refractivity contribution in [2.75, 3.05) is 17.7 Å². The Morgan fingerprint density at radius 1 is 1.31 bits per heavy atom. The van der Waals surface area contributed by atoms with Gasteiger partial charge in [-0.15, -0.1) is 0 Å². The van der Waals surface area contributed by atoms with Crippen molar-refractivity contribution in [3.05, 3.63) is 53.5 Å². The van der Waals surface area contributed by atoms with Gasteiger partial charge in [-0.2, -0.15) is 5.26 Å². The fourth-order valence-electron chi connectivity index (χ4n) is 4.97. The van der Waals surface area contributed by atoms with Gasteiger partial charge in [-0.1, -0.05) is 6.07 Å². The van der Waals surface area contributed by atoms with Gasteiger partial charge in [-0.05, 0) is 56.4 Å². The molecule has 1 saturated heterocycles. The molecule has 0 radical (unpaired) electrons. The van der Waals surface area contributed by atoms with Gasteiger partial charge >= 0.3 is 0 Å². The summed E-state index contributed by atoms with van der Waals surface area (Å²) in [6, 6.07) is 9.07. The Kier molecular flexibility index (Phi) is 5.25. The number of halogens is 1. The van der Waals surface area contributed by atoms with Gasteiger partial charge in [0.2, 0.25) is 0 Å². The molecule has 1 aliphatic carbocycles. The van der Waals surface area contributed by atoms with Crippen LogP contribution in [0.5, 0.6) is 0 Å². The van der Waals surface area contributed by atoms with Crippen LogP contribution in [-0.4, -0.2) is 46.4 Å². The molecule has 0 aromatic carbocycles. The molecule has 2 fully saturated rings. The van der Waals surface area contributed by atoms with Gasteiger partial charge in [-0.3, -0.25) is 10.4 Å². The van der Waals surface area contributed by atoms with Crippen molar-refractivity contribution in [1.29, 1.82) is 10.7 Å². The molecule has 4 heterocycles. The molecule has 1 saturated carbocycles. The zero-order valence-electron chi connectivity index (χ0n) is 19.3. The molecule has 0 amide bonds. The number of hydrogen-bond donors (Lipinski definition) is 3. The number of nitrogens with zero attached hydrogens (tertiary/aromatic N) is 4. The van der Waals surface area contributed by atoms with Crippen molar-refractivity contribution in [3.8, 4) is 6.07 Å². The Morgan fingerprint density at radius 3 is 2.74 bits per heavy atom. The van der Waals surface area contributed by atoms with Crippen LogP contribution in [0.15, 0.2) is 36.7 Å². The molecule has 180 valence electrons. The Balaban J connectivity index is 1.52. The van der Waals surface area contributed by atoms with E-state index in [0.717, 1.165) is 10.9 Å². The lowest BCUT2D eigenvalue weighted by atomic mass is 9.92. The molecule has 5 rings (SSSR count). The number of nitrogens with one attached hydrogen (secondary N) is 3. The topological polar surface area (TPSA) is 145 Å². The van der Waals surface area contributed by atoms with Crippen LogP contribution in [0.3, 0.4) is 0 Å². The number of rotatable bonds is 5. The number of sulfone groups is 1. The van der Waals surface area contributed by atoms with Gasteiger partial charge in [0.15, 0.2) is 20.4 Å². The lowest BCUT2D eigenvalue weighted by Crippen LogP contribution is -2.68. The Bertz CT molecular complexity index is 1520. The second kappa shape index (κ2) is 7.95. The van der Waals surface area contributed by atoms with E-state index < -0.39 is 26.8 Å². The van der Waals surface area contributed by atoms with Gasteiger partial charge in [0.05, 0.1) is 22.5 Å². The van der Waals surface area contributed by atoms with Gasteiger partial charge in [0, 0.05) is 17.8 Å². The summed E-state index contributed by atoms with van der Waals surface area (Å²) < 4.78 is 39.2. The summed E-state index contributed by atoms with van der Waals surface area (Å²) in [6.45, 7) is 2.38. The van der Waals surface area contributed by atoms with E-state index in [1.54, 1.807) is 37.4 Å². The highest BCUT2D eigenvalue weighted by atomic mass is 32.2. The number of fused-ring (bicyclic) bond motifs is 1. The first-order chi connectivity index (χ1) is 16.6. The average Bonchev–Trinajstić information content (AvgIpc) is 3.65. The van der Waals surface area contributed by atoms with Crippen LogP contribution in [0.1, 0.15) is 36.6 Å². The normalized spacial score (nSPS) is 25.6. The predicted molar refractivity (Wildman–Crippen MR) is 130 cm³/mol. The minimum absolute atomic E-state index is 0.302. The van der Waals surface area contributed by atoms with Crippen molar-refractivity contribution in [3.63, 3.8) is 0 Å². The molecule has 2 atom stereocenters. The monoisotopic (exact) mass is 493 g/mol. The number of hydrogen-bond acceptors (Lipinski definition) is 8. The van der Waals surface area contributed by atoms with Crippen molar-refractivity contribution >= 4 is 38.2 Å². The Morgan fingerprint density at radius 2 is 2.09 bits per heavy atom. The summed E-state index contributed by atoms with van der Waals surface area (Å²) >= 11 is 0. The van der Waals surface area contributed by atoms with Gasteiger partial charge in [-0.25, -0.2) is 22.8 Å². The third kappa shape index (κ3) is 3.60. The zero-order valence-corrected chi connectivity index (χ0v) is 20.1. The van der Waals surface area contributed by atoms with Crippen LogP contribution in [0.25, 0.3) is 10.9 Å². The largest absolute Gasteiger partial charge is 0.361 e. The number of alkyl halides is 1. The molecule has 2 aliphatic rings. The molecule has 3 aromatic rings. The number of pyridine rings is 3. The molecule has 0 unspecified atom stereocenters. The molecule has 3 N–H and O–H groups in total. The first-order valence-electron chi connectivity index (χ1n) is 11.2. The van der Waals surface area contributed by atoms with E-state index in [2.05, 4.69) is 31.7 Å². The number of aryl methyl sites for hydroxylation is 1. The van der Waals surface area contributed by atoms with E-state index in [1.807, 2.05) is 6.92 Å². The quantitative estimate of drug-likeness (QED) is 0.491. The highest BCUT2D eigenvalue weighted by Crippen LogP contribution is 2.49. The van der Waals surface area contributed by atoms with Crippen LogP contribution >= 0.6 is 0 Å². The summed E-state index contributed by atoms with van der Waals surface area (Å²) in [5.74, 6) is -0.195. The minimum atomic E-state index is -3.97. The molecular formula is C24H24FN7O2S. The lowest BCUT2D eigenvalue weighted by Gasteiger charge is -2.45. The fraction of sp³-hybridized carbons (Fsp3) is 0.375. The number of anilines is 2. The SMILES string of the molecule is Cc1ccc(Nc2nccc3cc(C#N)cnc23)nc1[C@]1(C)CS(=O)(=O)[C@@](CF)(C2CC2)C(=N)N1. The van der Waals surface area contributed by atoms with Crippen LogP contribution in [0, 0.1) is 29.6 Å². The van der Waals surface area contributed by atoms with E-state index in [4.69, 9.17) is 10.7 Å². The van der Waals surface area contributed by atoms with E-state index >= 15 is 0 Å². The third-order valence-electron chi connectivity index (χ3n) is 6.89. The van der Waals surface area contributed by atoms with E-state index in [1.165, 1.54) is 6.20 Å². The van der Waals surface area contributed by atoms with Gasteiger partial charge in [0.25, 0.3) is 0 Å². The first kappa shape index (κ1) is 23.1. The van der Waals surface area contributed by atoms with Crippen LogP contribution < -0.4 is 10.6 Å². The summed E-state index contributed by atoms with van der Waals surface area (Å²) in [5.41, 5.74) is 0.950. The minimum Gasteiger partial charge on any atom is -0.361 e. The lowest BCUT2D eigenvalue weighted by molar-refractivity contribution is 0.359. The van der Waals surface area contributed by atoms with E-state index in [-0.39, 0.29) is 17.5 Å². The maximum atomic E-state index is 14.2. The maximum Gasteiger partial charge on any atom is 0.168 e. The highest BCUT2D eigenvalue weighted by Gasteiger charge is 2.63. The standard InChI is InChI=1S/C24H24FN7O2S/c1-14-3-6-18(31-21-19-16(7-8-28-21)9-15(10-26)11-29-19)30-20(14)23(2)13-35(33,34)24(12-25,17-4-5-17)22(27)32-23/h3,6-9,11,17H,4-5,12-13H2,1-2H3,(H2,27,32)(H,28,30,31)/t23-,24-/m0/s1. The van der Waals surface area contributed by atoms with Gasteiger partial charge < -0.3 is 10.6 Å². The van der Waals surface area contributed by atoms with Crippen molar-refractivity contribution in [2.24, 2.45) is 5.92 Å². The number of amidine groups is 1. The second-order valence-electron chi connectivity index (χ2n) is 9.44. The van der Waals surface area contributed by atoms with E-state index in [0.29, 0.717) is 41.3 Å². The first-order valence-corrected chi connectivity index (χ1v) is 12.8. The highest BCUT2D eigenvalue weighted by molar-refractivity contribution is 7.93. The van der Waals surface area contributed by atoms with Crippen molar-refractivity contribution in [2.45, 2.75) is 37.0 Å². The number of aromatic nitrogens is 3. The Hall–Kier alpha value is -3.65. The van der Waals surface area contributed by atoms with Crippen LogP contribution in [-0.2, 0) is 15.4 Å². The van der Waals surface area contributed by atoms with Gasteiger partial charge in [0.1, 0.15) is 29.9 Å². The number of nitriles is 1. The van der Waals surface area contributed by atoms with Crippen molar-refractivity contribution in [1.82, 2.24) is 20.3 Å². The molecular weight excluding hydrogens is 469 g/mol. The van der Waals surface area contributed by atoms with Crippen molar-refractivity contribution < 1.29 is 12.8 Å². The third-order valence-corrected chi connectivity index (χ3v) is 9.60. The fourth-order valence-corrected chi connectivity index (χ4v) is 7.47. The molecule has 1 aliphatic heterocycles. The predicted octanol–water partition coefficient (Wildman–Crippen LogP) is 3.28. The summed E-state index contributed by atoms with van der Waals surface area (Å²) in [5, 5.41) is 24.6. The maximum absolute atomic E-state index is 14.2. The molecule has 0 spiro atoms. The summed E-state index contributed by atoms with van der Waals surface area (Å²) in [7, 11) is -3.97. The summed E-state index contributed by atoms with van der Waals surface area (Å²) in [6.07, 6.45) is 4.25. The second-order valence-corrected chi connectivity index (χ2v) is 11.7. The zero-order chi connectivity index (χ0) is 25.0.